The maximum Gasteiger partial charge on any atom is 0.333 e. The molecule has 0 fully saturated rings. The second-order valence-electron chi connectivity index (χ2n) is 10.7. The summed E-state index contributed by atoms with van der Waals surface area (Å²) >= 11 is 0. The molecule has 3 aromatic rings. The number of aryl methyl sites for hydroxylation is 1. The van der Waals surface area contributed by atoms with Crippen LogP contribution in [0, 0.1) is 0 Å². The Kier molecular flexibility index (Phi) is 10.5. The fourth-order valence-corrected chi connectivity index (χ4v) is 7.63. The van der Waals surface area contributed by atoms with E-state index in [1.54, 1.807) is 6.92 Å². The second kappa shape index (κ2) is 13.6. The fourth-order valence-electron chi connectivity index (χ4n) is 4.77. The van der Waals surface area contributed by atoms with E-state index in [9.17, 15) is 9.90 Å². The number of benzene rings is 3. The number of hydrogen-bond acceptors (Lipinski definition) is 3. The van der Waals surface area contributed by atoms with Gasteiger partial charge < -0.3 is 9.84 Å². The molecule has 0 aliphatic carbocycles. The van der Waals surface area contributed by atoms with Gasteiger partial charge in [-0.2, -0.15) is 0 Å². The lowest BCUT2D eigenvalue weighted by Gasteiger charge is -2.26. The van der Waals surface area contributed by atoms with Crippen molar-refractivity contribution in [1.82, 2.24) is 0 Å². The number of ether oxygens (including phenoxy) is 1. The first-order valence-electron chi connectivity index (χ1n) is 13.5. The van der Waals surface area contributed by atoms with E-state index >= 15 is 0 Å². The molecule has 0 aliphatic heterocycles. The van der Waals surface area contributed by atoms with Crippen LogP contribution in [0.5, 0.6) is 0 Å². The van der Waals surface area contributed by atoms with Crippen LogP contribution < -0.4 is 5.19 Å². The Morgan fingerprint density at radius 3 is 2.00 bits per heavy atom. The van der Waals surface area contributed by atoms with E-state index in [4.69, 9.17) is 4.74 Å². The highest BCUT2D eigenvalue weighted by molar-refractivity contribution is 6.90. The molecule has 3 nitrogen and oxygen atoms in total. The van der Waals surface area contributed by atoms with Crippen LogP contribution in [0.25, 0.3) is 22.3 Å². The van der Waals surface area contributed by atoms with Gasteiger partial charge in [-0.15, -0.1) is 0 Å². The van der Waals surface area contributed by atoms with Crippen LogP contribution in [0.3, 0.4) is 0 Å². The molecule has 196 valence electrons. The first-order chi connectivity index (χ1) is 17.7. The average molecular weight is 515 g/mol. The molecule has 0 unspecified atom stereocenters. The molecule has 3 aromatic carbocycles. The van der Waals surface area contributed by atoms with Gasteiger partial charge in [0, 0.05) is 12.2 Å². The molecule has 0 amide bonds. The minimum absolute atomic E-state index is 0.197. The van der Waals surface area contributed by atoms with Crippen molar-refractivity contribution in [2.45, 2.75) is 71.7 Å². The number of unbranched alkanes of at least 4 members (excludes halogenated alkanes) is 2. The normalized spacial score (nSPS) is 11.4. The van der Waals surface area contributed by atoms with Crippen molar-refractivity contribution in [2.75, 3.05) is 6.61 Å². The van der Waals surface area contributed by atoms with Gasteiger partial charge in [0.1, 0.15) is 6.61 Å². The number of rotatable bonds is 13. The lowest BCUT2D eigenvalue weighted by molar-refractivity contribution is -0.140. The smallest absolute Gasteiger partial charge is 0.333 e. The van der Waals surface area contributed by atoms with E-state index in [1.807, 2.05) is 0 Å². The van der Waals surface area contributed by atoms with E-state index in [1.165, 1.54) is 41.1 Å². The predicted octanol–water partition coefficient (Wildman–Crippen LogP) is 7.67. The van der Waals surface area contributed by atoms with Crippen molar-refractivity contribution in [3.05, 3.63) is 90.0 Å². The number of carbonyl (C=O) groups excluding carboxylic acids is 1. The lowest BCUT2D eigenvalue weighted by Crippen LogP contribution is -2.43. The molecule has 4 heteroatoms. The molecule has 0 aliphatic rings. The Bertz CT molecular complexity index is 1180. The fraction of sp³-hybridized carbons (Fsp3) is 0.364. The third kappa shape index (κ3) is 8.01. The molecule has 0 saturated carbocycles. The first kappa shape index (κ1) is 28.6. The molecule has 0 saturated heterocycles. The van der Waals surface area contributed by atoms with E-state index in [2.05, 4.69) is 93.3 Å². The molecule has 37 heavy (non-hydrogen) atoms. The summed E-state index contributed by atoms with van der Waals surface area (Å²) in [4.78, 5) is 12.1. The van der Waals surface area contributed by atoms with Gasteiger partial charge >= 0.3 is 5.97 Å². The Balaban J connectivity index is 1.84. The minimum Gasteiger partial charge on any atom is -0.457 e. The third-order valence-corrected chi connectivity index (χ3v) is 10.6. The number of aliphatic hydroxyl groups excluding tert-OH is 1. The standard InChI is InChI=1S/C33H42O3Si/c1-6-7-8-10-26-11-13-27(14-12-26)28-15-17-29(18-16-28)30-19-20-32(37(4,5)22-9-21-34)31(23-30)24-36-33(35)25(2)3/h11-20,23,34H,2,6-10,21-22,24H2,1,3-5H3. The summed E-state index contributed by atoms with van der Waals surface area (Å²) in [5, 5.41) is 10.7. The van der Waals surface area contributed by atoms with Crippen molar-refractivity contribution < 1.29 is 14.6 Å². The van der Waals surface area contributed by atoms with Crippen LogP contribution in [-0.4, -0.2) is 25.8 Å². The van der Waals surface area contributed by atoms with Gasteiger partial charge in [-0.05, 0) is 65.6 Å². The summed E-state index contributed by atoms with van der Waals surface area (Å²) < 4.78 is 5.57. The quantitative estimate of drug-likeness (QED) is 0.110. The lowest BCUT2D eigenvalue weighted by atomic mass is 9.98. The van der Waals surface area contributed by atoms with Crippen molar-refractivity contribution in [3.8, 4) is 22.3 Å². The van der Waals surface area contributed by atoms with Crippen LogP contribution in [0.4, 0.5) is 0 Å². The van der Waals surface area contributed by atoms with E-state index in [-0.39, 0.29) is 19.2 Å². The number of aliphatic hydroxyl groups is 1. The Hall–Kier alpha value is -2.95. The van der Waals surface area contributed by atoms with Crippen molar-refractivity contribution >= 4 is 19.2 Å². The number of esters is 1. The molecule has 1 N–H and O–H groups in total. The molecule has 0 spiro atoms. The summed E-state index contributed by atoms with van der Waals surface area (Å²) in [6, 6.07) is 25.1. The third-order valence-electron chi connectivity index (χ3n) is 7.08. The van der Waals surface area contributed by atoms with E-state index in [0.29, 0.717) is 5.57 Å². The summed E-state index contributed by atoms with van der Waals surface area (Å²) in [6.45, 7) is 12.7. The van der Waals surface area contributed by atoms with Crippen LogP contribution in [0.1, 0.15) is 50.7 Å². The number of carbonyl (C=O) groups is 1. The zero-order valence-corrected chi connectivity index (χ0v) is 24.0. The first-order valence-corrected chi connectivity index (χ1v) is 16.7. The molecule has 0 bridgehead atoms. The molecule has 3 rings (SSSR count). The molecule has 0 radical (unpaired) electrons. The van der Waals surface area contributed by atoms with Gasteiger partial charge in [0.2, 0.25) is 0 Å². The van der Waals surface area contributed by atoms with Crippen molar-refractivity contribution in [2.24, 2.45) is 0 Å². The largest absolute Gasteiger partial charge is 0.457 e. The zero-order valence-electron chi connectivity index (χ0n) is 23.0. The Labute approximate surface area is 224 Å². The average Bonchev–Trinajstić information content (AvgIpc) is 2.91. The van der Waals surface area contributed by atoms with Gasteiger partial charge in [0.05, 0.1) is 8.07 Å². The minimum atomic E-state index is -1.81. The van der Waals surface area contributed by atoms with E-state index in [0.717, 1.165) is 35.6 Å². The van der Waals surface area contributed by atoms with Gasteiger partial charge in [-0.1, -0.05) is 111 Å². The maximum absolute atomic E-state index is 12.1. The monoisotopic (exact) mass is 514 g/mol. The van der Waals surface area contributed by atoms with Crippen LogP contribution >= 0.6 is 0 Å². The zero-order chi connectivity index (χ0) is 26.8. The molecule has 0 aromatic heterocycles. The molecule has 0 heterocycles. The topological polar surface area (TPSA) is 46.5 Å². The van der Waals surface area contributed by atoms with Gasteiger partial charge in [0.25, 0.3) is 0 Å². The van der Waals surface area contributed by atoms with Gasteiger partial charge in [0.15, 0.2) is 0 Å². The van der Waals surface area contributed by atoms with E-state index < -0.39 is 8.07 Å². The van der Waals surface area contributed by atoms with Crippen LogP contribution in [-0.2, 0) is 22.6 Å². The molecule has 0 atom stereocenters. The van der Waals surface area contributed by atoms with Crippen LogP contribution in [0.15, 0.2) is 78.9 Å². The summed E-state index contributed by atoms with van der Waals surface area (Å²) in [5.74, 6) is -0.369. The maximum atomic E-state index is 12.1. The SMILES string of the molecule is C=C(C)C(=O)OCc1cc(-c2ccc(-c3ccc(CCCCC)cc3)cc2)ccc1[Si](C)(C)CCCO. The van der Waals surface area contributed by atoms with Crippen molar-refractivity contribution in [3.63, 3.8) is 0 Å². The Morgan fingerprint density at radius 1 is 0.865 bits per heavy atom. The number of hydrogen-bond donors (Lipinski definition) is 1. The highest BCUT2D eigenvalue weighted by Gasteiger charge is 2.26. The highest BCUT2D eigenvalue weighted by Crippen LogP contribution is 2.27. The highest BCUT2D eigenvalue weighted by atomic mass is 28.3. The van der Waals surface area contributed by atoms with Crippen molar-refractivity contribution in [1.29, 1.82) is 0 Å². The molecular formula is C33H42O3Si. The van der Waals surface area contributed by atoms with Gasteiger partial charge in [-0.3, -0.25) is 0 Å². The summed E-state index contributed by atoms with van der Waals surface area (Å²) in [5.41, 5.74) is 7.52. The summed E-state index contributed by atoms with van der Waals surface area (Å²) in [7, 11) is -1.81. The summed E-state index contributed by atoms with van der Waals surface area (Å²) in [6.07, 6.45) is 5.71. The Morgan fingerprint density at radius 2 is 1.43 bits per heavy atom. The predicted molar refractivity (Wildman–Crippen MR) is 159 cm³/mol. The van der Waals surface area contributed by atoms with Gasteiger partial charge in [-0.25, -0.2) is 4.79 Å². The van der Waals surface area contributed by atoms with Crippen LogP contribution in [0.2, 0.25) is 19.1 Å². The molecular weight excluding hydrogens is 472 g/mol. The second-order valence-corrected chi connectivity index (χ2v) is 15.5.